The number of benzene rings is 2. The molecule has 1 nitrogen and oxygen atoms in total. The number of rotatable bonds is 3. The van der Waals surface area contributed by atoms with E-state index in [1.165, 1.54) is 16.2 Å². The molecule has 0 heterocycles. The Kier molecular flexibility index (Phi) is 3.71. The normalized spacial score (nSPS) is 10.9. The lowest BCUT2D eigenvalue weighted by atomic mass is 10.1. The van der Waals surface area contributed by atoms with Crippen LogP contribution in [0.3, 0.4) is 0 Å². The highest BCUT2D eigenvalue weighted by atomic mass is 31.1. The van der Waals surface area contributed by atoms with Crippen LogP contribution in [0.15, 0.2) is 48.5 Å². The molecular formula is C15H15OP. The summed E-state index contributed by atoms with van der Waals surface area (Å²) in [5.74, 6) is 0.129. The largest absolute Gasteiger partial charge is 0.295 e. The minimum atomic E-state index is 0.129. The maximum atomic E-state index is 11.4. The summed E-state index contributed by atoms with van der Waals surface area (Å²) in [6.45, 7) is 3.70. The van der Waals surface area contributed by atoms with E-state index in [4.69, 9.17) is 0 Å². The fourth-order valence-corrected chi connectivity index (χ4v) is 2.83. The van der Waals surface area contributed by atoms with Gasteiger partial charge >= 0.3 is 0 Å². The second-order valence-electron chi connectivity index (χ2n) is 4.08. The van der Waals surface area contributed by atoms with E-state index < -0.39 is 0 Å². The first-order valence-corrected chi connectivity index (χ1v) is 6.60. The van der Waals surface area contributed by atoms with Crippen LogP contribution in [0, 0.1) is 6.92 Å². The molecule has 17 heavy (non-hydrogen) atoms. The standard InChI is InChI=1S/C15H15OP/c1-11-8-9-13(12(2)16)10-15(11)17-14-6-4-3-5-7-14/h3-10,17H,1-2H3. The fourth-order valence-electron chi connectivity index (χ4n) is 1.65. The van der Waals surface area contributed by atoms with Crippen molar-refractivity contribution < 1.29 is 4.79 Å². The summed E-state index contributed by atoms with van der Waals surface area (Å²) in [5, 5.41) is 2.56. The van der Waals surface area contributed by atoms with Gasteiger partial charge in [0.15, 0.2) is 5.78 Å². The number of carbonyl (C=O) groups excluding carboxylic acids is 1. The van der Waals surface area contributed by atoms with Gasteiger partial charge in [0.05, 0.1) is 0 Å². The van der Waals surface area contributed by atoms with Gasteiger partial charge in [0.25, 0.3) is 0 Å². The second kappa shape index (κ2) is 5.25. The topological polar surface area (TPSA) is 17.1 Å². The Labute approximate surface area is 104 Å². The van der Waals surface area contributed by atoms with Crippen molar-refractivity contribution in [1.82, 2.24) is 0 Å². The van der Waals surface area contributed by atoms with Gasteiger partial charge in [-0.15, -0.1) is 0 Å². The molecule has 2 aromatic rings. The van der Waals surface area contributed by atoms with Crippen LogP contribution >= 0.6 is 8.58 Å². The molecule has 0 radical (unpaired) electrons. The molecule has 0 N–H and O–H groups in total. The Bertz CT molecular complexity index is 532. The number of aryl methyl sites for hydroxylation is 1. The average molecular weight is 242 g/mol. The quantitative estimate of drug-likeness (QED) is 0.597. The Balaban J connectivity index is 2.32. The summed E-state index contributed by atoms with van der Waals surface area (Å²) in [7, 11) is 0.612. The molecule has 0 aliphatic heterocycles. The molecule has 0 bridgehead atoms. The van der Waals surface area contributed by atoms with Crippen LogP contribution in [0.2, 0.25) is 0 Å². The Hall–Kier alpha value is -1.46. The molecule has 0 fully saturated rings. The lowest BCUT2D eigenvalue weighted by Gasteiger charge is -2.07. The average Bonchev–Trinajstić information content (AvgIpc) is 2.33. The second-order valence-corrected chi connectivity index (χ2v) is 5.44. The van der Waals surface area contributed by atoms with Gasteiger partial charge in [-0.3, -0.25) is 4.79 Å². The van der Waals surface area contributed by atoms with E-state index in [0.29, 0.717) is 8.58 Å². The van der Waals surface area contributed by atoms with Gasteiger partial charge in [-0.25, -0.2) is 0 Å². The molecule has 0 aliphatic rings. The SMILES string of the molecule is CC(=O)c1ccc(C)c(Pc2ccccc2)c1. The summed E-state index contributed by atoms with van der Waals surface area (Å²) in [6, 6.07) is 16.3. The van der Waals surface area contributed by atoms with Gasteiger partial charge in [-0.1, -0.05) is 51.0 Å². The zero-order valence-electron chi connectivity index (χ0n) is 10.0. The van der Waals surface area contributed by atoms with Gasteiger partial charge in [-0.2, -0.15) is 0 Å². The number of hydrogen-bond acceptors (Lipinski definition) is 1. The van der Waals surface area contributed by atoms with Gasteiger partial charge in [0, 0.05) is 5.56 Å². The third-order valence-electron chi connectivity index (χ3n) is 2.70. The lowest BCUT2D eigenvalue weighted by molar-refractivity contribution is 0.101. The maximum absolute atomic E-state index is 11.4. The van der Waals surface area contributed by atoms with Gasteiger partial charge in [0.1, 0.15) is 0 Å². The van der Waals surface area contributed by atoms with E-state index >= 15 is 0 Å². The van der Waals surface area contributed by atoms with Crippen LogP contribution in [0.4, 0.5) is 0 Å². The zero-order valence-corrected chi connectivity index (χ0v) is 11.0. The highest BCUT2D eigenvalue weighted by Gasteiger charge is 2.04. The van der Waals surface area contributed by atoms with Crippen molar-refractivity contribution in [3.05, 3.63) is 59.7 Å². The van der Waals surface area contributed by atoms with Crippen molar-refractivity contribution in [3.8, 4) is 0 Å². The van der Waals surface area contributed by atoms with E-state index in [2.05, 4.69) is 19.1 Å². The molecule has 1 atom stereocenters. The summed E-state index contributed by atoms with van der Waals surface area (Å²) >= 11 is 0. The summed E-state index contributed by atoms with van der Waals surface area (Å²) in [5.41, 5.74) is 2.05. The van der Waals surface area contributed by atoms with Crippen molar-refractivity contribution >= 4 is 25.0 Å². The Morgan fingerprint density at radius 2 is 1.76 bits per heavy atom. The van der Waals surface area contributed by atoms with Crippen LogP contribution in [-0.4, -0.2) is 5.78 Å². The van der Waals surface area contributed by atoms with Crippen LogP contribution in [0.5, 0.6) is 0 Å². The highest BCUT2D eigenvalue weighted by molar-refractivity contribution is 7.55. The van der Waals surface area contributed by atoms with Gasteiger partial charge in [-0.05, 0) is 36.1 Å². The summed E-state index contributed by atoms with van der Waals surface area (Å²) in [6.07, 6.45) is 0. The van der Waals surface area contributed by atoms with E-state index in [1.807, 2.05) is 36.4 Å². The smallest absolute Gasteiger partial charge is 0.159 e. The van der Waals surface area contributed by atoms with Crippen LogP contribution in [-0.2, 0) is 0 Å². The molecule has 0 spiro atoms. The minimum absolute atomic E-state index is 0.129. The Morgan fingerprint density at radius 3 is 2.41 bits per heavy atom. The van der Waals surface area contributed by atoms with E-state index in [-0.39, 0.29) is 5.78 Å². The monoisotopic (exact) mass is 242 g/mol. The first-order chi connectivity index (χ1) is 8.16. The van der Waals surface area contributed by atoms with Gasteiger partial charge in [0.2, 0.25) is 0 Å². The third-order valence-corrected chi connectivity index (χ3v) is 4.13. The third kappa shape index (κ3) is 3.01. The molecule has 0 aliphatic carbocycles. The van der Waals surface area contributed by atoms with Gasteiger partial charge < -0.3 is 0 Å². The van der Waals surface area contributed by atoms with Crippen molar-refractivity contribution in [2.24, 2.45) is 0 Å². The van der Waals surface area contributed by atoms with Crippen LogP contribution in [0.1, 0.15) is 22.8 Å². The first-order valence-electron chi connectivity index (χ1n) is 5.60. The molecule has 86 valence electrons. The molecule has 2 rings (SSSR count). The number of ketones is 1. The van der Waals surface area contributed by atoms with Crippen molar-refractivity contribution in [1.29, 1.82) is 0 Å². The minimum Gasteiger partial charge on any atom is -0.295 e. The number of carbonyl (C=O) groups is 1. The maximum Gasteiger partial charge on any atom is 0.159 e. The predicted molar refractivity (Wildman–Crippen MR) is 75.2 cm³/mol. The molecule has 1 unspecified atom stereocenters. The van der Waals surface area contributed by atoms with Crippen LogP contribution in [0.25, 0.3) is 0 Å². The summed E-state index contributed by atoms with van der Waals surface area (Å²) in [4.78, 5) is 11.4. The molecule has 0 saturated heterocycles. The summed E-state index contributed by atoms with van der Waals surface area (Å²) < 4.78 is 0. The Morgan fingerprint density at radius 1 is 1.06 bits per heavy atom. The molecule has 0 amide bonds. The zero-order chi connectivity index (χ0) is 12.3. The number of hydrogen-bond donors (Lipinski definition) is 0. The molecule has 2 heteroatoms. The number of Topliss-reactive ketones (excluding diaryl/α,β-unsaturated/α-hetero) is 1. The van der Waals surface area contributed by atoms with E-state index in [0.717, 1.165) is 5.56 Å². The van der Waals surface area contributed by atoms with Crippen molar-refractivity contribution in [2.45, 2.75) is 13.8 Å². The lowest BCUT2D eigenvalue weighted by Crippen LogP contribution is -2.09. The predicted octanol–water partition coefficient (Wildman–Crippen LogP) is 2.83. The van der Waals surface area contributed by atoms with E-state index in [9.17, 15) is 4.79 Å². The molecule has 0 saturated carbocycles. The van der Waals surface area contributed by atoms with E-state index in [1.54, 1.807) is 6.92 Å². The fraction of sp³-hybridized carbons (Fsp3) is 0.133. The molecular weight excluding hydrogens is 227 g/mol. The highest BCUT2D eigenvalue weighted by Crippen LogP contribution is 2.15. The molecule has 0 aromatic heterocycles. The first kappa shape index (κ1) is 12.0. The molecule has 2 aromatic carbocycles. The van der Waals surface area contributed by atoms with Crippen LogP contribution < -0.4 is 10.6 Å². The van der Waals surface area contributed by atoms with Crippen molar-refractivity contribution in [2.75, 3.05) is 0 Å². The van der Waals surface area contributed by atoms with Crippen molar-refractivity contribution in [3.63, 3.8) is 0 Å².